The summed E-state index contributed by atoms with van der Waals surface area (Å²) in [5.74, 6) is 2.03. The van der Waals surface area contributed by atoms with Gasteiger partial charge >= 0.3 is 0 Å². The summed E-state index contributed by atoms with van der Waals surface area (Å²) >= 11 is 5.68. The first-order valence-electron chi connectivity index (χ1n) is 9.75. The fourth-order valence-corrected chi connectivity index (χ4v) is 3.70. The number of rotatable bonds is 4. The number of piperazine rings is 1. The van der Waals surface area contributed by atoms with Gasteiger partial charge in [0.1, 0.15) is 5.88 Å². The standard InChI is InChI=1S/C17H26ClN7O3/c18-13-14(26)22-1-3-23(4-2-22)15-19-16(24-5-9-27-10-6-24)21-17(20-15)25-7-11-28-12-8-25/h1-13H2. The molecule has 1 aromatic heterocycles. The largest absolute Gasteiger partial charge is 0.378 e. The number of alkyl halides is 1. The van der Waals surface area contributed by atoms with E-state index in [1.165, 1.54) is 0 Å². The summed E-state index contributed by atoms with van der Waals surface area (Å²) in [7, 11) is 0. The van der Waals surface area contributed by atoms with Gasteiger partial charge in [-0.2, -0.15) is 15.0 Å². The molecule has 3 fully saturated rings. The normalized spacial score (nSPS) is 21.2. The number of ether oxygens (including phenoxy) is 2. The number of aromatic nitrogens is 3. The molecule has 28 heavy (non-hydrogen) atoms. The number of halogens is 1. The van der Waals surface area contributed by atoms with Crippen LogP contribution in [0.3, 0.4) is 0 Å². The van der Waals surface area contributed by atoms with Crippen molar-refractivity contribution in [3.05, 3.63) is 0 Å². The molecule has 0 unspecified atom stereocenters. The number of carbonyl (C=O) groups excluding carboxylic acids is 1. The van der Waals surface area contributed by atoms with Crippen molar-refractivity contribution in [3.63, 3.8) is 0 Å². The highest BCUT2D eigenvalue weighted by atomic mass is 35.5. The van der Waals surface area contributed by atoms with Gasteiger partial charge in [0.2, 0.25) is 23.8 Å². The average molecular weight is 412 g/mol. The Morgan fingerprint density at radius 1 is 0.714 bits per heavy atom. The summed E-state index contributed by atoms with van der Waals surface area (Å²) in [5, 5.41) is 0. The van der Waals surface area contributed by atoms with E-state index in [2.05, 4.69) is 14.7 Å². The second-order valence-electron chi connectivity index (χ2n) is 6.94. The predicted molar refractivity (Wildman–Crippen MR) is 105 cm³/mol. The third kappa shape index (κ3) is 4.39. The highest BCUT2D eigenvalue weighted by Crippen LogP contribution is 2.21. The fourth-order valence-electron chi connectivity index (χ4n) is 3.53. The Labute approximate surface area is 169 Å². The van der Waals surface area contributed by atoms with Crippen molar-refractivity contribution in [2.45, 2.75) is 0 Å². The minimum absolute atomic E-state index is 0.0219. The number of anilines is 3. The van der Waals surface area contributed by atoms with Crippen molar-refractivity contribution in [1.82, 2.24) is 19.9 Å². The van der Waals surface area contributed by atoms with Crippen LogP contribution in [-0.2, 0) is 14.3 Å². The summed E-state index contributed by atoms with van der Waals surface area (Å²) in [5.41, 5.74) is 0. The second kappa shape index (κ2) is 9.06. The summed E-state index contributed by atoms with van der Waals surface area (Å²) in [6.07, 6.45) is 0. The van der Waals surface area contributed by atoms with Gasteiger partial charge in [-0.3, -0.25) is 4.79 Å². The van der Waals surface area contributed by atoms with Crippen molar-refractivity contribution in [2.75, 3.05) is 99.4 Å². The fraction of sp³-hybridized carbons (Fsp3) is 0.765. The molecule has 4 rings (SSSR count). The number of nitrogens with zero attached hydrogens (tertiary/aromatic N) is 7. The van der Waals surface area contributed by atoms with Gasteiger partial charge in [0, 0.05) is 52.4 Å². The molecule has 4 heterocycles. The minimum atomic E-state index is -0.0278. The average Bonchev–Trinajstić information content (AvgIpc) is 2.79. The topological polar surface area (TPSA) is 87.2 Å². The van der Waals surface area contributed by atoms with Crippen LogP contribution in [0.15, 0.2) is 0 Å². The lowest BCUT2D eigenvalue weighted by Gasteiger charge is -2.36. The van der Waals surface area contributed by atoms with Gasteiger partial charge in [-0.25, -0.2) is 0 Å². The van der Waals surface area contributed by atoms with Crippen LogP contribution in [0.2, 0.25) is 0 Å². The molecular formula is C17H26ClN7O3. The second-order valence-corrected chi connectivity index (χ2v) is 7.20. The van der Waals surface area contributed by atoms with Crippen LogP contribution >= 0.6 is 11.6 Å². The molecule has 0 spiro atoms. The van der Waals surface area contributed by atoms with Crippen LogP contribution in [0, 0.1) is 0 Å². The lowest BCUT2D eigenvalue weighted by molar-refractivity contribution is -0.128. The van der Waals surface area contributed by atoms with E-state index in [0.717, 1.165) is 26.2 Å². The molecule has 3 aliphatic rings. The zero-order valence-electron chi connectivity index (χ0n) is 15.9. The number of hydrogen-bond acceptors (Lipinski definition) is 9. The predicted octanol–water partition coefficient (Wildman–Crippen LogP) is -0.568. The van der Waals surface area contributed by atoms with Gasteiger partial charge in [-0.15, -0.1) is 11.6 Å². The molecule has 0 bridgehead atoms. The summed E-state index contributed by atoms with van der Waals surface area (Å²) < 4.78 is 10.9. The van der Waals surface area contributed by atoms with E-state index in [9.17, 15) is 4.79 Å². The number of amides is 1. The molecule has 3 aliphatic heterocycles. The van der Waals surface area contributed by atoms with Crippen molar-refractivity contribution < 1.29 is 14.3 Å². The Hall–Kier alpha value is -1.91. The maximum Gasteiger partial charge on any atom is 0.237 e. The lowest BCUT2D eigenvalue weighted by atomic mass is 10.3. The smallest absolute Gasteiger partial charge is 0.237 e. The molecule has 0 atom stereocenters. The third-order valence-electron chi connectivity index (χ3n) is 5.22. The Morgan fingerprint density at radius 2 is 1.11 bits per heavy atom. The van der Waals surface area contributed by atoms with Crippen LogP contribution in [0.4, 0.5) is 17.8 Å². The molecule has 0 aliphatic carbocycles. The van der Waals surface area contributed by atoms with Crippen LogP contribution in [0.1, 0.15) is 0 Å². The summed E-state index contributed by atoms with van der Waals surface area (Å²) in [6.45, 7) is 8.37. The molecule has 0 N–H and O–H groups in total. The maximum absolute atomic E-state index is 11.8. The van der Waals surface area contributed by atoms with E-state index in [-0.39, 0.29) is 11.8 Å². The number of morpholine rings is 2. The van der Waals surface area contributed by atoms with E-state index < -0.39 is 0 Å². The molecule has 0 saturated carbocycles. The van der Waals surface area contributed by atoms with Crippen molar-refractivity contribution in [2.24, 2.45) is 0 Å². The monoisotopic (exact) mass is 411 g/mol. The first-order valence-corrected chi connectivity index (χ1v) is 10.3. The molecule has 0 radical (unpaired) electrons. The third-order valence-corrected chi connectivity index (χ3v) is 5.45. The summed E-state index contributed by atoms with van der Waals surface area (Å²) in [4.78, 5) is 34.3. The van der Waals surface area contributed by atoms with Gasteiger partial charge in [0.25, 0.3) is 0 Å². The molecule has 154 valence electrons. The Kier molecular flexibility index (Phi) is 6.28. The van der Waals surface area contributed by atoms with Gasteiger partial charge < -0.3 is 29.1 Å². The maximum atomic E-state index is 11.8. The molecule has 11 heteroatoms. The highest BCUT2D eigenvalue weighted by molar-refractivity contribution is 6.27. The highest BCUT2D eigenvalue weighted by Gasteiger charge is 2.26. The summed E-state index contributed by atoms with van der Waals surface area (Å²) in [6, 6.07) is 0. The first-order chi connectivity index (χ1) is 13.7. The van der Waals surface area contributed by atoms with E-state index in [1.807, 2.05) is 0 Å². The quantitative estimate of drug-likeness (QED) is 0.604. The van der Waals surface area contributed by atoms with E-state index in [1.54, 1.807) is 4.90 Å². The molecular weight excluding hydrogens is 386 g/mol. The first kappa shape index (κ1) is 19.4. The van der Waals surface area contributed by atoms with Crippen LogP contribution in [0.5, 0.6) is 0 Å². The zero-order valence-corrected chi connectivity index (χ0v) is 16.7. The molecule has 10 nitrogen and oxygen atoms in total. The Bertz CT molecular complexity index is 638. The van der Waals surface area contributed by atoms with Crippen molar-refractivity contribution in [3.8, 4) is 0 Å². The molecule has 1 amide bonds. The Morgan fingerprint density at radius 3 is 1.50 bits per heavy atom. The lowest BCUT2D eigenvalue weighted by Crippen LogP contribution is -2.50. The number of hydrogen-bond donors (Lipinski definition) is 0. The minimum Gasteiger partial charge on any atom is -0.378 e. The molecule has 1 aromatic rings. The van der Waals surface area contributed by atoms with Gasteiger partial charge in [0.05, 0.1) is 26.4 Å². The van der Waals surface area contributed by atoms with Crippen molar-refractivity contribution >= 4 is 35.4 Å². The van der Waals surface area contributed by atoms with Gasteiger partial charge in [-0.1, -0.05) is 0 Å². The van der Waals surface area contributed by atoms with Crippen LogP contribution in [-0.4, -0.2) is 110 Å². The number of carbonyl (C=O) groups is 1. The van der Waals surface area contributed by atoms with E-state index in [4.69, 9.17) is 36.0 Å². The van der Waals surface area contributed by atoms with Gasteiger partial charge in [0.15, 0.2) is 0 Å². The van der Waals surface area contributed by atoms with Crippen molar-refractivity contribution in [1.29, 1.82) is 0 Å². The van der Waals surface area contributed by atoms with Crippen LogP contribution in [0.25, 0.3) is 0 Å². The van der Waals surface area contributed by atoms with E-state index in [0.29, 0.717) is 70.5 Å². The zero-order chi connectivity index (χ0) is 19.3. The molecule has 0 aromatic carbocycles. The molecule has 3 saturated heterocycles. The SMILES string of the molecule is O=C(CCl)N1CCN(c2nc(N3CCOCC3)nc(N3CCOCC3)n2)CC1. The Balaban J connectivity index is 1.56. The van der Waals surface area contributed by atoms with Crippen LogP contribution < -0.4 is 14.7 Å². The van der Waals surface area contributed by atoms with E-state index >= 15 is 0 Å². The van der Waals surface area contributed by atoms with Gasteiger partial charge in [-0.05, 0) is 0 Å².